The molecule has 216 valence electrons. The molecular weight excluding hydrogens is 585 g/mol. The van der Waals surface area contributed by atoms with E-state index in [9.17, 15) is 24.3 Å². The monoisotopic (exact) mass is 609 g/mol. The van der Waals surface area contributed by atoms with Crippen molar-refractivity contribution >= 4 is 52.9 Å². The van der Waals surface area contributed by atoms with Gasteiger partial charge >= 0.3 is 18.1 Å². The average molecular weight is 610 g/mol. The third-order valence-electron chi connectivity index (χ3n) is 7.98. The van der Waals surface area contributed by atoms with Crippen LogP contribution < -0.4 is 4.90 Å². The van der Waals surface area contributed by atoms with E-state index in [1.807, 2.05) is 24.3 Å². The number of carboxylic acid groups (broad SMARTS) is 1. The van der Waals surface area contributed by atoms with Crippen LogP contribution in [0, 0.1) is 0 Å². The normalized spacial score (nSPS) is 23.4. The van der Waals surface area contributed by atoms with Crippen molar-refractivity contribution in [3.05, 3.63) is 76.8 Å². The van der Waals surface area contributed by atoms with Crippen molar-refractivity contribution in [1.82, 2.24) is 19.8 Å². The van der Waals surface area contributed by atoms with Crippen LogP contribution in [0.15, 0.2) is 61.2 Å². The number of hydrogen-bond acceptors (Lipinski definition) is 7. The fourth-order valence-corrected chi connectivity index (χ4v) is 6.60. The van der Waals surface area contributed by atoms with Crippen LogP contribution in [0.25, 0.3) is 11.1 Å². The summed E-state index contributed by atoms with van der Waals surface area (Å²) in [5.74, 6) is -1.59. The van der Waals surface area contributed by atoms with Crippen molar-refractivity contribution < 1.29 is 29.0 Å². The highest BCUT2D eigenvalue weighted by molar-refractivity contribution is 6.35. The molecule has 6 rings (SSSR count). The van der Waals surface area contributed by atoms with E-state index >= 15 is 0 Å². The SMILES string of the molecule is O=C(O)[C@@H]1CCCN1C(=O)O[C@H]1CN2C(=O)N(c3cc(Cl)cc(Cl)c3)C(=O)[C@]2(Cc2ccc(-c3cncnc3)cc2)C1. The standard InChI is InChI=1S/C29H25Cl2N5O6/c30-20-8-21(31)10-22(9-20)36-26(39)29(11-17-3-5-18(6-4-17)19-13-32-16-33-14-19)12-23(15-35(29)27(36)40)42-28(41)34-7-1-2-24(34)25(37)38/h3-6,8-10,13-14,16,23-24H,1-2,7,11-12,15H2,(H,37,38)/t23-,24+,29+/m1/s1. The molecule has 11 nitrogen and oxygen atoms in total. The summed E-state index contributed by atoms with van der Waals surface area (Å²) in [6.07, 6.45) is 4.33. The predicted octanol–water partition coefficient (Wildman–Crippen LogP) is 4.66. The van der Waals surface area contributed by atoms with E-state index in [4.69, 9.17) is 27.9 Å². The number of hydrogen-bond donors (Lipinski definition) is 1. The third-order valence-corrected chi connectivity index (χ3v) is 8.42. The first-order chi connectivity index (χ1) is 20.2. The lowest BCUT2D eigenvalue weighted by atomic mass is 9.87. The Morgan fingerprint density at radius 2 is 1.71 bits per heavy atom. The molecule has 3 saturated heterocycles. The van der Waals surface area contributed by atoms with Gasteiger partial charge in [-0.2, -0.15) is 0 Å². The number of ether oxygens (including phenoxy) is 1. The molecule has 4 heterocycles. The van der Waals surface area contributed by atoms with Crippen molar-refractivity contribution in [2.24, 2.45) is 0 Å². The number of carboxylic acids is 1. The van der Waals surface area contributed by atoms with Crippen molar-refractivity contribution in [3.63, 3.8) is 0 Å². The number of anilines is 1. The van der Waals surface area contributed by atoms with Gasteiger partial charge in [-0.05, 0) is 42.2 Å². The second-order valence-corrected chi connectivity index (χ2v) is 11.5. The maximum absolute atomic E-state index is 14.2. The van der Waals surface area contributed by atoms with E-state index in [2.05, 4.69) is 9.97 Å². The lowest BCUT2D eigenvalue weighted by Crippen LogP contribution is -2.47. The van der Waals surface area contributed by atoms with Gasteiger partial charge in [-0.3, -0.25) is 9.69 Å². The number of amides is 4. The van der Waals surface area contributed by atoms with Gasteiger partial charge in [0.05, 0.1) is 12.2 Å². The maximum atomic E-state index is 14.2. The lowest BCUT2D eigenvalue weighted by molar-refractivity contribution is -0.141. The quantitative estimate of drug-likeness (QED) is 0.399. The highest BCUT2D eigenvalue weighted by Gasteiger charge is 2.63. The third kappa shape index (κ3) is 4.92. The Balaban J connectivity index is 1.30. The maximum Gasteiger partial charge on any atom is 0.410 e. The molecule has 1 N–H and O–H groups in total. The Kier molecular flexibility index (Phi) is 7.24. The predicted molar refractivity (Wildman–Crippen MR) is 152 cm³/mol. The fourth-order valence-electron chi connectivity index (χ4n) is 6.08. The molecule has 0 unspecified atom stereocenters. The zero-order valence-corrected chi connectivity index (χ0v) is 23.7. The molecule has 3 fully saturated rings. The number of benzene rings is 2. The number of carbonyl (C=O) groups is 4. The van der Waals surface area contributed by atoms with Gasteiger partial charge in [0.2, 0.25) is 0 Å². The van der Waals surface area contributed by atoms with E-state index in [-0.39, 0.29) is 41.7 Å². The molecule has 0 radical (unpaired) electrons. The summed E-state index contributed by atoms with van der Waals surface area (Å²) in [7, 11) is 0. The van der Waals surface area contributed by atoms with E-state index in [0.717, 1.165) is 21.6 Å². The first-order valence-electron chi connectivity index (χ1n) is 13.3. The fraction of sp³-hybridized carbons (Fsp3) is 0.310. The number of aliphatic carboxylic acids is 1. The first-order valence-corrected chi connectivity index (χ1v) is 14.1. The molecule has 4 amide bonds. The zero-order chi connectivity index (χ0) is 29.6. The molecule has 3 atom stereocenters. The van der Waals surface area contributed by atoms with Gasteiger partial charge in [0.15, 0.2) is 0 Å². The largest absolute Gasteiger partial charge is 0.480 e. The van der Waals surface area contributed by atoms with Crippen LogP contribution in [0.3, 0.4) is 0 Å². The summed E-state index contributed by atoms with van der Waals surface area (Å²) in [6, 6.07) is 10.4. The second-order valence-electron chi connectivity index (χ2n) is 10.6. The minimum Gasteiger partial charge on any atom is -0.480 e. The molecule has 3 aliphatic rings. The Hall–Kier alpha value is -4.22. The molecular formula is C29H25Cl2N5O6. The van der Waals surface area contributed by atoms with Gasteiger partial charge < -0.3 is 14.7 Å². The molecule has 0 saturated carbocycles. The number of aromatic nitrogens is 2. The molecule has 42 heavy (non-hydrogen) atoms. The van der Waals surface area contributed by atoms with E-state index in [0.29, 0.717) is 12.8 Å². The Bertz CT molecular complexity index is 1550. The number of fused-ring (bicyclic) bond motifs is 1. The number of halogens is 2. The lowest BCUT2D eigenvalue weighted by Gasteiger charge is -2.28. The summed E-state index contributed by atoms with van der Waals surface area (Å²) in [5, 5.41) is 10.0. The highest BCUT2D eigenvalue weighted by atomic mass is 35.5. The highest BCUT2D eigenvalue weighted by Crippen LogP contribution is 2.44. The van der Waals surface area contributed by atoms with Gasteiger partial charge in [-0.15, -0.1) is 0 Å². The Morgan fingerprint density at radius 3 is 2.38 bits per heavy atom. The summed E-state index contributed by atoms with van der Waals surface area (Å²) in [6.45, 7) is 0.226. The summed E-state index contributed by atoms with van der Waals surface area (Å²) < 4.78 is 5.73. The van der Waals surface area contributed by atoms with Crippen LogP contribution in [0.4, 0.5) is 15.3 Å². The zero-order valence-electron chi connectivity index (χ0n) is 22.2. The van der Waals surface area contributed by atoms with Crippen LogP contribution in [0.5, 0.6) is 0 Å². The molecule has 0 spiro atoms. The molecule has 13 heteroatoms. The number of rotatable bonds is 6. The van der Waals surface area contributed by atoms with Gasteiger partial charge in [-0.1, -0.05) is 47.5 Å². The van der Waals surface area contributed by atoms with Crippen molar-refractivity contribution in [2.45, 2.75) is 43.4 Å². The van der Waals surface area contributed by atoms with Gasteiger partial charge in [-0.25, -0.2) is 29.3 Å². The van der Waals surface area contributed by atoms with Gasteiger partial charge in [0.1, 0.15) is 24.0 Å². The second kappa shape index (κ2) is 10.9. The number of likely N-dealkylation sites (tertiary alicyclic amines) is 1. The van der Waals surface area contributed by atoms with Gasteiger partial charge in [0, 0.05) is 47.4 Å². The molecule has 3 aromatic rings. The van der Waals surface area contributed by atoms with Crippen molar-refractivity contribution in [2.75, 3.05) is 18.0 Å². The van der Waals surface area contributed by atoms with Crippen LogP contribution >= 0.6 is 23.2 Å². The number of urea groups is 1. The summed E-state index contributed by atoms with van der Waals surface area (Å²) in [5.41, 5.74) is 1.38. The first kappa shape index (κ1) is 27.9. The van der Waals surface area contributed by atoms with Gasteiger partial charge in [0.25, 0.3) is 5.91 Å². The Morgan fingerprint density at radius 1 is 1.02 bits per heavy atom. The molecule has 0 aliphatic carbocycles. The van der Waals surface area contributed by atoms with Crippen LogP contribution in [-0.4, -0.2) is 79.6 Å². The topological polar surface area (TPSA) is 133 Å². The van der Waals surface area contributed by atoms with Crippen molar-refractivity contribution in [1.29, 1.82) is 0 Å². The molecule has 3 aliphatic heterocycles. The average Bonchev–Trinajstić information content (AvgIpc) is 3.64. The molecule has 0 bridgehead atoms. The van der Waals surface area contributed by atoms with Crippen LogP contribution in [-0.2, 0) is 20.7 Å². The van der Waals surface area contributed by atoms with Crippen molar-refractivity contribution in [3.8, 4) is 11.1 Å². The minimum atomic E-state index is -1.36. The number of nitrogens with zero attached hydrogens (tertiary/aromatic N) is 5. The smallest absolute Gasteiger partial charge is 0.410 e. The van der Waals surface area contributed by atoms with E-state index < -0.39 is 41.7 Å². The number of imide groups is 1. The Labute approximate surface area is 250 Å². The summed E-state index contributed by atoms with van der Waals surface area (Å²) >= 11 is 12.4. The minimum absolute atomic E-state index is 0.0356. The molecule has 1 aromatic heterocycles. The number of carbonyl (C=O) groups excluding carboxylic acids is 3. The summed E-state index contributed by atoms with van der Waals surface area (Å²) in [4.78, 5) is 64.4. The van der Waals surface area contributed by atoms with E-state index in [1.54, 1.807) is 12.4 Å². The van der Waals surface area contributed by atoms with Crippen LogP contribution in [0.2, 0.25) is 10.0 Å². The van der Waals surface area contributed by atoms with Crippen LogP contribution in [0.1, 0.15) is 24.8 Å². The molecule has 2 aromatic carbocycles. The van der Waals surface area contributed by atoms with E-state index in [1.165, 1.54) is 34.3 Å².